The molecule has 0 aromatic heterocycles. The van der Waals surface area contributed by atoms with Gasteiger partial charge in [0, 0.05) is 29.3 Å². The fourth-order valence-electron chi connectivity index (χ4n) is 3.95. The Morgan fingerprint density at radius 3 is 2.59 bits per heavy atom. The number of carbonyl (C=O) groups is 2. The highest BCUT2D eigenvalue weighted by Gasteiger charge is 2.40. The number of likely N-dealkylation sites (tertiary alicyclic amines) is 1. The summed E-state index contributed by atoms with van der Waals surface area (Å²) in [6.07, 6.45) is 2.68. The Bertz CT molecular complexity index is 1240. The molecule has 0 aliphatic carbocycles. The average Bonchev–Trinajstić information content (AvgIpc) is 2.86. The van der Waals surface area contributed by atoms with Gasteiger partial charge in [0.25, 0.3) is 0 Å². The molecule has 174 valence electrons. The lowest BCUT2D eigenvalue weighted by molar-refractivity contribution is -0.145. The van der Waals surface area contributed by atoms with Crippen molar-refractivity contribution in [1.29, 1.82) is 0 Å². The van der Waals surface area contributed by atoms with Gasteiger partial charge in [0.1, 0.15) is 11.9 Å². The molecule has 2 amide bonds. The summed E-state index contributed by atoms with van der Waals surface area (Å²) in [6, 6.07) is 23.9. The third-order valence-electron chi connectivity index (χ3n) is 5.85. The Morgan fingerprint density at radius 1 is 1.00 bits per heavy atom. The SMILES string of the molecule is O=C(CN1C(=O)CC1S(=O)Cc1ccccc1)NCCCCC#Cc1cccc2ccccc12. The molecule has 0 spiro atoms. The van der Waals surface area contributed by atoms with Crippen molar-refractivity contribution >= 4 is 33.4 Å². The van der Waals surface area contributed by atoms with Gasteiger partial charge in [-0.2, -0.15) is 0 Å². The molecule has 0 bridgehead atoms. The van der Waals surface area contributed by atoms with E-state index in [9.17, 15) is 13.8 Å². The number of nitrogens with one attached hydrogen (secondary N) is 1. The molecule has 1 fully saturated rings. The number of fused-ring (bicyclic) bond motifs is 1. The molecule has 0 radical (unpaired) electrons. The molecule has 0 saturated carbocycles. The van der Waals surface area contributed by atoms with E-state index in [1.165, 1.54) is 10.3 Å². The minimum Gasteiger partial charge on any atom is -0.355 e. The van der Waals surface area contributed by atoms with Crippen LogP contribution in [0.25, 0.3) is 10.8 Å². The zero-order chi connectivity index (χ0) is 23.8. The highest BCUT2D eigenvalue weighted by atomic mass is 32.2. The van der Waals surface area contributed by atoms with Crippen LogP contribution < -0.4 is 5.32 Å². The molecule has 1 N–H and O–H groups in total. The molecule has 3 aromatic carbocycles. The number of unbranched alkanes of at least 4 members (excludes halogenated alkanes) is 2. The lowest BCUT2D eigenvalue weighted by Gasteiger charge is -2.39. The second-order valence-electron chi connectivity index (χ2n) is 8.33. The first-order valence-corrected chi connectivity index (χ1v) is 12.9. The Hall–Kier alpha value is -3.43. The lowest BCUT2D eigenvalue weighted by atomic mass is 10.0. The molecule has 34 heavy (non-hydrogen) atoms. The zero-order valence-corrected chi connectivity index (χ0v) is 19.9. The first-order chi connectivity index (χ1) is 16.6. The lowest BCUT2D eigenvalue weighted by Crippen LogP contribution is -2.57. The number of benzene rings is 3. The summed E-state index contributed by atoms with van der Waals surface area (Å²) in [5.41, 5.74) is 2.00. The molecule has 1 saturated heterocycles. The van der Waals surface area contributed by atoms with Gasteiger partial charge in [0.15, 0.2) is 0 Å². The van der Waals surface area contributed by atoms with Gasteiger partial charge in [-0.25, -0.2) is 0 Å². The fraction of sp³-hybridized carbons (Fsp3) is 0.286. The zero-order valence-electron chi connectivity index (χ0n) is 19.0. The van der Waals surface area contributed by atoms with Crippen LogP contribution in [0.1, 0.15) is 36.8 Å². The van der Waals surface area contributed by atoms with Crippen LogP contribution in [0.4, 0.5) is 0 Å². The number of β-lactam (4-membered cyclic amide) rings is 1. The highest BCUT2D eigenvalue weighted by Crippen LogP contribution is 2.24. The smallest absolute Gasteiger partial charge is 0.239 e. The molecule has 4 rings (SSSR count). The molecular formula is C28H28N2O3S. The number of rotatable bonds is 9. The van der Waals surface area contributed by atoms with Gasteiger partial charge in [-0.3, -0.25) is 13.8 Å². The predicted octanol–water partition coefficient (Wildman–Crippen LogP) is 3.99. The molecule has 1 heterocycles. The van der Waals surface area contributed by atoms with E-state index in [4.69, 9.17) is 0 Å². The van der Waals surface area contributed by atoms with E-state index in [0.29, 0.717) is 12.3 Å². The molecular weight excluding hydrogens is 444 g/mol. The van der Waals surface area contributed by atoms with Gasteiger partial charge in [-0.1, -0.05) is 78.6 Å². The average molecular weight is 473 g/mol. The number of hydrogen-bond acceptors (Lipinski definition) is 3. The Morgan fingerprint density at radius 2 is 1.76 bits per heavy atom. The maximum absolute atomic E-state index is 12.6. The number of carbonyl (C=O) groups excluding carboxylic acids is 2. The Labute approximate surface area is 203 Å². The molecule has 2 atom stereocenters. The Balaban J connectivity index is 1.16. The van der Waals surface area contributed by atoms with Crippen LogP contribution in [-0.2, 0) is 26.1 Å². The molecule has 1 aliphatic heterocycles. The summed E-state index contributed by atoms with van der Waals surface area (Å²) in [6.45, 7) is 0.500. The van der Waals surface area contributed by atoms with Gasteiger partial charge in [0.05, 0.1) is 12.2 Å². The van der Waals surface area contributed by atoms with Crippen LogP contribution in [0.5, 0.6) is 0 Å². The minimum atomic E-state index is -1.22. The van der Waals surface area contributed by atoms with Crippen LogP contribution in [0.2, 0.25) is 0 Å². The standard InChI is InChI=1S/C28H28N2O3S/c31-26(20-30-27(32)19-28(30)34(33)21-22-11-4-3-5-12-22)29-18-9-2-1-6-13-23-15-10-16-24-14-7-8-17-25(23)24/h3-5,7-8,10-12,14-17,28H,1-2,9,18-21H2,(H,29,31). The van der Waals surface area contributed by atoms with Crippen molar-refractivity contribution in [2.75, 3.05) is 13.1 Å². The third kappa shape index (κ3) is 6.12. The van der Waals surface area contributed by atoms with Crippen molar-refractivity contribution in [3.8, 4) is 11.8 Å². The van der Waals surface area contributed by atoms with Gasteiger partial charge in [0.2, 0.25) is 11.8 Å². The normalized spacial score (nSPS) is 15.8. The highest BCUT2D eigenvalue weighted by molar-refractivity contribution is 7.85. The molecule has 1 aliphatic rings. The first-order valence-electron chi connectivity index (χ1n) is 11.6. The van der Waals surface area contributed by atoms with Crippen LogP contribution in [0.15, 0.2) is 72.8 Å². The first kappa shape index (κ1) is 23.7. The van der Waals surface area contributed by atoms with Gasteiger partial charge in [-0.05, 0) is 35.2 Å². The fourth-order valence-corrected chi connectivity index (χ4v) is 5.47. The molecule has 2 unspecified atom stereocenters. The molecule has 3 aromatic rings. The van der Waals surface area contributed by atoms with Gasteiger partial charge < -0.3 is 10.2 Å². The summed E-state index contributed by atoms with van der Waals surface area (Å²) in [4.78, 5) is 25.7. The van der Waals surface area contributed by atoms with E-state index in [2.05, 4.69) is 35.4 Å². The summed E-state index contributed by atoms with van der Waals surface area (Å²) in [7, 11) is -1.22. The topological polar surface area (TPSA) is 66.5 Å². The van der Waals surface area contributed by atoms with E-state index < -0.39 is 10.8 Å². The minimum absolute atomic E-state index is 0.0368. The number of amides is 2. The van der Waals surface area contributed by atoms with Crippen molar-refractivity contribution in [1.82, 2.24) is 10.2 Å². The summed E-state index contributed by atoms with van der Waals surface area (Å²) < 4.78 is 12.6. The van der Waals surface area contributed by atoms with Crippen molar-refractivity contribution < 1.29 is 13.8 Å². The number of hydrogen-bond donors (Lipinski definition) is 1. The van der Waals surface area contributed by atoms with Crippen LogP contribution >= 0.6 is 0 Å². The van der Waals surface area contributed by atoms with E-state index in [-0.39, 0.29) is 30.2 Å². The second kappa shape index (κ2) is 11.6. The van der Waals surface area contributed by atoms with E-state index in [1.54, 1.807) is 0 Å². The number of nitrogens with zero attached hydrogens (tertiary/aromatic N) is 1. The summed E-state index contributed by atoms with van der Waals surface area (Å²) >= 11 is 0. The van der Waals surface area contributed by atoms with Crippen molar-refractivity contribution in [3.63, 3.8) is 0 Å². The maximum Gasteiger partial charge on any atom is 0.239 e. The molecule has 5 nitrogen and oxygen atoms in total. The summed E-state index contributed by atoms with van der Waals surface area (Å²) in [5.74, 6) is 6.54. The third-order valence-corrected chi connectivity index (χ3v) is 7.50. The van der Waals surface area contributed by atoms with Crippen LogP contribution in [0, 0.1) is 11.8 Å². The quantitative estimate of drug-likeness (QED) is 0.291. The van der Waals surface area contributed by atoms with Gasteiger partial charge >= 0.3 is 0 Å². The molecule has 6 heteroatoms. The predicted molar refractivity (Wildman–Crippen MR) is 136 cm³/mol. The van der Waals surface area contributed by atoms with Crippen molar-refractivity contribution in [2.45, 2.75) is 36.8 Å². The van der Waals surface area contributed by atoms with Crippen molar-refractivity contribution in [2.24, 2.45) is 0 Å². The van der Waals surface area contributed by atoms with Crippen molar-refractivity contribution in [3.05, 3.63) is 83.9 Å². The summed E-state index contributed by atoms with van der Waals surface area (Å²) in [5, 5.41) is 4.82. The maximum atomic E-state index is 12.6. The van der Waals surface area contributed by atoms with Crippen LogP contribution in [0.3, 0.4) is 0 Å². The van der Waals surface area contributed by atoms with E-state index >= 15 is 0 Å². The second-order valence-corrected chi connectivity index (χ2v) is 9.92. The van der Waals surface area contributed by atoms with Crippen LogP contribution in [-0.4, -0.2) is 39.4 Å². The largest absolute Gasteiger partial charge is 0.355 e. The Kier molecular flexibility index (Phi) is 8.11. The monoisotopic (exact) mass is 472 g/mol. The van der Waals surface area contributed by atoms with Gasteiger partial charge in [-0.15, -0.1) is 0 Å². The van der Waals surface area contributed by atoms with E-state index in [0.717, 1.165) is 35.8 Å². The van der Waals surface area contributed by atoms with E-state index in [1.807, 2.05) is 54.6 Å².